The summed E-state index contributed by atoms with van der Waals surface area (Å²) in [6.45, 7) is 5.88. The molecule has 0 radical (unpaired) electrons. The molecule has 0 aliphatic rings. The topological polar surface area (TPSA) is 90.0 Å². The van der Waals surface area contributed by atoms with Crippen LogP contribution in [0.5, 0.6) is 5.75 Å². The lowest BCUT2D eigenvalue weighted by molar-refractivity contribution is 0.0818. The molecule has 0 bridgehead atoms. The van der Waals surface area contributed by atoms with E-state index in [-0.39, 0.29) is 5.84 Å². The Hall–Kier alpha value is -1.82. The van der Waals surface area contributed by atoms with E-state index in [4.69, 9.17) is 20.4 Å². The summed E-state index contributed by atoms with van der Waals surface area (Å²) in [5.74, 6) is 1.08. The van der Waals surface area contributed by atoms with E-state index in [1.807, 2.05) is 0 Å². The Bertz CT molecular complexity index is 394. The highest BCUT2D eigenvalue weighted by Crippen LogP contribution is 2.10. The lowest BCUT2D eigenvalue weighted by Gasteiger charge is -2.09. The van der Waals surface area contributed by atoms with Gasteiger partial charge in [-0.25, -0.2) is 0 Å². The summed E-state index contributed by atoms with van der Waals surface area (Å²) >= 11 is 0. The van der Waals surface area contributed by atoms with Crippen molar-refractivity contribution in [2.75, 3.05) is 19.8 Å². The molecule has 0 aromatic carbocycles. The normalized spacial score (nSPS) is 11.8. The standard InChI is InChI=1S/C12H19N3O3/c1-9(2)8-17-5-6-18-10-3-4-14-11(7-10)12(13)15-16/h3-4,7,9,16H,5-6,8H2,1-2H3,(H2,13,15). The largest absolute Gasteiger partial charge is 0.491 e. The van der Waals surface area contributed by atoms with Gasteiger partial charge >= 0.3 is 0 Å². The van der Waals surface area contributed by atoms with Gasteiger partial charge in [0, 0.05) is 18.9 Å². The predicted octanol–water partition coefficient (Wildman–Crippen LogP) is 1.23. The maximum Gasteiger partial charge on any atom is 0.188 e. The van der Waals surface area contributed by atoms with Gasteiger partial charge in [0.1, 0.15) is 18.1 Å². The van der Waals surface area contributed by atoms with Gasteiger partial charge in [0.2, 0.25) is 0 Å². The van der Waals surface area contributed by atoms with Gasteiger partial charge in [0.25, 0.3) is 0 Å². The maximum absolute atomic E-state index is 8.54. The highest BCUT2D eigenvalue weighted by Gasteiger charge is 2.03. The smallest absolute Gasteiger partial charge is 0.188 e. The molecular weight excluding hydrogens is 234 g/mol. The molecule has 0 aliphatic carbocycles. The summed E-state index contributed by atoms with van der Waals surface area (Å²) < 4.78 is 10.9. The number of hydrogen-bond donors (Lipinski definition) is 2. The van der Waals surface area contributed by atoms with Crippen molar-refractivity contribution < 1.29 is 14.7 Å². The predicted molar refractivity (Wildman–Crippen MR) is 67.9 cm³/mol. The summed E-state index contributed by atoms with van der Waals surface area (Å²) in [6, 6.07) is 3.31. The summed E-state index contributed by atoms with van der Waals surface area (Å²) in [7, 11) is 0. The van der Waals surface area contributed by atoms with Crippen LogP contribution in [0, 0.1) is 5.92 Å². The zero-order chi connectivity index (χ0) is 13.4. The molecule has 18 heavy (non-hydrogen) atoms. The lowest BCUT2D eigenvalue weighted by atomic mass is 10.2. The number of nitrogens with two attached hydrogens (primary N) is 1. The second kappa shape index (κ2) is 7.50. The molecule has 6 heteroatoms. The van der Waals surface area contributed by atoms with Crippen LogP contribution in [0.1, 0.15) is 19.5 Å². The van der Waals surface area contributed by atoms with Crippen molar-refractivity contribution in [2.45, 2.75) is 13.8 Å². The Morgan fingerprint density at radius 2 is 2.28 bits per heavy atom. The molecule has 3 N–H and O–H groups in total. The summed E-state index contributed by atoms with van der Waals surface area (Å²) in [5.41, 5.74) is 5.80. The third-order valence-corrected chi connectivity index (χ3v) is 2.05. The number of hydrogen-bond acceptors (Lipinski definition) is 5. The highest BCUT2D eigenvalue weighted by molar-refractivity contribution is 5.95. The van der Waals surface area contributed by atoms with Gasteiger partial charge in [0.05, 0.1) is 6.61 Å². The Morgan fingerprint density at radius 3 is 2.94 bits per heavy atom. The van der Waals surface area contributed by atoms with Crippen LogP contribution in [0.15, 0.2) is 23.5 Å². The third kappa shape index (κ3) is 5.01. The van der Waals surface area contributed by atoms with Crippen LogP contribution >= 0.6 is 0 Å². The number of rotatable bonds is 7. The zero-order valence-corrected chi connectivity index (χ0v) is 10.7. The molecule has 0 fully saturated rings. The molecule has 0 spiro atoms. The first kappa shape index (κ1) is 14.2. The number of aromatic nitrogens is 1. The van der Waals surface area contributed by atoms with Gasteiger partial charge in [-0.05, 0) is 12.0 Å². The van der Waals surface area contributed by atoms with Crippen LogP contribution in [0.25, 0.3) is 0 Å². The van der Waals surface area contributed by atoms with Crippen LogP contribution in [0.2, 0.25) is 0 Å². The van der Waals surface area contributed by atoms with E-state index in [0.29, 0.717) is 30.6 Å². The Labute approximate surface area is 106 Å². The molecular formula is C12H19N3O3. The van der Waals surface area contributed by atoms with Gasteiger partial charge in [-0.15, -0.1) is 0 Å². The Morgan fingerprint density at radius 1 is 1.50 bits per heavy atom. The van der Waals surface area contributed by atoms with Crippen LogP contribution < -0.4 is 10.5 Å². The summed E-state index contributed by atoms with van der Waals surface area (Å²) in [5, 5.41) is 11.4. The quantitative estimate of drug-likeness (QED) is 0.251. The molecule has 0 saturated heterocycles. The fraction of sp³-hybridized carbons (Fsp3) is 0.500. The minimum absolute atomic E-state index is 0.0449. The molecule has 1 aromatic rings. The minimum Gasteiger partial charge on any atom is -0.491 e. The minimum atomic E-state index is -0.0449. The molecule has 0 aliphatic heterocycles. The molecule has 6 nitrogen and oxygen atoms in total. The SMILES string of the molecule is CC(C)COCCOc1ccnc(/C(N)=N/O)c1. The van der Waals surface area contributed by atoms with Crippen molar-refractivity contribution in [2.24, 2.45) is 16.8 Å². The van der Waals surface area contributed by atoms with Gasteiger partial charge in [-0.1, -0.05) is 19.0 Å². The Balaban J connectivity index is 2.39. The van der Waals surface area contributed by atoms with Crippen LogP contribution in [-0.2, 0) is 4.74 Å². The fourth-order valence-electron chi connectivity index (χ4n) is 1.23. The molecule has 0 unspecified atom stereocenters. The van der Waals surface area contributed by atoms with Crippen molar-refractivity contribution in [1.82, 2.24) is 4.98 Å². The van der Waals surface area contributed by atoms with Crippen LogP contribution in [0.4, 0.5) is 0 Å². The highest BCUT2D eigenvalue weighted by atomic mass is 16.5. The van der Waals surface area contributed by atoms with E-state index < -0.39 is 0 Å². The lowest BCUT2D eigenvalue weighted by Crippen LogP contribution is -2.15. The van der Waals surface area contributed by atoms with Crippen molar-refractivity contribution in [1.29, 1.82) is 0 Å². The third-order valence-electron chi connectivity index (χ3n) is 2.05. The number of ether oxygens (including phenoxy) is 2. The molecule has 1 heterocycles. The van der Waals surface area contributed by atoms with Crippen molar-refractivity contribution >= 4 is 5.84 Å². The van der Waals surface area contributed by atoms with Gasteiger partial charge < -0.3 is 20.4 Å². The monoisotopic (exact) mass is 253 g/mol. The zero-order valence-electron chi connectivity index (χ0n) is 10.7. The molecule has 1 rings (SSSR count). The first-order valence-corrected chi connectivity index (χ1v) is 5.78. The average Bonchev–Trinajstić information content (AvgIpc) is 2.37. The van der Waals surface area contributed by atoms with E-state index in [1.54, 1.807) is 12.1 Å². The molecule has 0 amide bonds. The van der Waals surface area contributed by atoms with E-state index in [1.165, 1.54) is 6.20 Å². The summed E-state index contributed by atoms with van der Waals surface area (Å²) in [6.07, 6.45) is 1.54. The number of pyridine rings is 1. The van der Waals surface area contributed by atoms with Crippen LogP contribution in [0.3, 0.4) is 0 Å². The fourth-order valence-corrected chi connectivity index (χ4v) is 1.23. The average molecular weight is 253 g/mol. The maximum atomic E-state index is 8.54. The second-order valence-electron chi connectivity index (χ2n) is 4.18. The first-order valence-electron chi connectivity index (χ1n) is 5.78. The van der Waals surface area contributed by atoms with Crippen molar-refractivity contribution in [3.8, 4) is 5.75 Å². The molecule has 100 valence electrons. The van der Waals surface area contributed by atoms with E-state index in [2.05, 4.69) is 24.0 Å². The molecule has 0 saturated carbocycles. The van der Waals surface area contributed by atoms with Crippen molar-refractivity contribution in [3.05, 3.63) is 24.0 Å². The molecule has 1 aromatic heterocycles. The van der Waals surface area contributed by atoms with Crippen molar-refractivity contribution in [3.63, 3.8) is 0 Å². The van der Waals surface area contributed by atoms with E-state index >= 15 is 0 Å². The first-order chi connectivity index (χ1) is 8.63. The number of oxime groups is 1. The van der Waals surface area contributed by atoms with E-state index in [9.17, 15) is 0 Å². The molecule has 0 atom stereocenters. The summed E-state index contributed by atoms with van der Waals surface area (Å²) in [4.78, 5) is 3.95. The second-order valence-corrected chi connectivity index (χ2v) is 4.18. The number of nitrogens with zero attached hydrogens (tertiary/aromatic N) is 2. The van der Waals surface area contributed by atoms with Crippen LogP contribution in [-0.4, -0.2) is 35.8 Å². The van der Waals surface area contributed by atoms with Gasteiger partial charge in [-0.2, -0.15) is 0 Å². The number of amidine groups is 1. The van der Waals surface area contributed by atoms with E-state index in [0.717, 1.165) is 6.61 Å². The van der Waals surface area contributed by atoms with Gasteiger partial charge in [0.15, 0.2) is 5.84 Å². The van der Waals surface area contributed by atoms with Gasteiger partial charge in [-0.3, -0.25) is 4.98 Å². The Kier molecular flexibility index (Phi) is 5.93.